The Kier molecular flexibility index (Phi) is 4.85. The zero-order chi connectivity index (χ0) is 15.4. The van der Waals surface area contributed by atoms with Gasteiger partial charge in [-0.25, -0.2) is 9.82 Å². The molecule has 7 heteroatoms. The van der Waals surface area contributed by atoms with Crippen molar-refractivity contribution in [3.05, 3.63) is 51.5 Å². The third kappa shape index (κ3) is 4.22. The summed E-state index contributed by atoms with van der Waals surface area (Å²) >= 11 is 3.24. The fourth-order valence-corrected chi connectivity index (χ4v) is 2.17. The zero-order valence-electron chi connectivity index (χ0n) is 11.6. The molecule has 2 aromatic rings. The molecule has 1 N–H and O–H groups in total. The Balaban J connectivity index is 1.96. The summed E-state index contributed by atoms with van der Waals surface area (Å²) in [4.78, 5) is 11.7. The normalized spacial score (nSPS) is 11.0. The molecule has 0 bridgehead atoms. The van der Waals surface area contributed by atoms with Crippen LogP contribution in [-0.4, -0.2) is 21.9 Å². The van der Waals surface area contributed by atoms with E-state index in [0.29, 0.717) is 0 Å². The van der Waals surface area contributed by atoms with Crippen LogP contribution in [0.5, 0.6) is 0 Å². The highest BCUT2D eigenvalue weighted by Crippen LogP contribution is 2.13. The van der Waals surface area contributed by atoms with E-state index in [-0.39, 0.29) is 18.0 Å². The van der Waals surface area contributed by atoms with E-state index in [4.69, 9.17) is 0 Å². The third-order valence-corrected chi connectivity index (χ3v) is 3.24. The number of carbonyl (C=O) groups excluding carboxylic acids is 1. The van der Waals surface area contributed by atoms with Crippen molar-refractivity contribution in [2.45, 2.75) is 20.4 Å². The third-order valence-electron chi connectivity index (χ3n) is 2.75. The molecule has 0 saturated heterocycles. The van der Waals surface area contributed by atoms with E-state index >= 15 is 0 Å². The van der Waals surface area contributed by atoms with Crippen molar-refractivity contribution in [1.29, 1.82) is 0 Å². The Bertz CT molecular complexity index is 696. The molecule has 0 radical (unpaired) electrons. The van der Waals surface area contributed by atoms with Gasteiger partial charge in [0.1, 0.15) is 12.4 Å². The zero-order valence-corrected chi connectivity index (χ0v) is 13.2. The molecule has 0 aliphatic heterocycles. The molecule has 0 fully saturated rings. The summed E-state index contributed by atoms with van der Waals surface area (Å²) in [6.45, 7) is 3.79. The molecule has 1 aromatic heterocycles. The molecule has 21 heavy (non-hydrogen) atoms. The summed E-state index contributed by atoms with van der Waals surface area (Å²) in [6, 6.07) is 6.37. The van der Waals surface area contributed by atoms with E-state index in [0.717, 1.165) is 15.9 Å². The van der Waals surface area contributed by atoms with Crippen LogP contribution in [0, 0.1) is 19.7 Å². The number of halogens is 2. The van der Waals surface area contributed by atoms with Gasteiger partial charge in [-0.05, 0) is 38.1 Å². The minimum Gasteiger partial charge on any atom is -0.271 e. The second-order valence-corrected chi connectivity index (χ2v) is 5.46. The number of nitrogens with zero attached hydrogens (tertiary/aromatic N) is 3. The molecule has 0 saturated carbocycles. The van der Waals surface area contributed by atoms with Gasteiger partial charge in [0.25, 0.3) is 5.91 Å². The van der Waals surface area contributed by atoms with E-state index in [1.165, 1.54) is 12.3 Å². The van der Waals surface area contributed by atoms with Gasteiger partial charge in [0.15, 0.2) is 0 Å². The van der Waals surface area contributed by atoms with Crippen LogP contribution >= 0.6 is 15.9 Å². The van der Waals surface area contributed by atoms with Crippen molar-refractivity contribution in [3.8, 4) is 0 Å². The van der Waals surface area contributed by atoms with Gasteiger partial charge >= 0.3 is 0 Å². The van der Waals surface area contributed by atoms with Crippen molar-refractivity contribution < 1.29 is 9.18 Å². The lowest BCUT2D eigenvalue weighted by molar-refractivity contribution is -0.121. The quantitative estimate of drug-likeness (QED) is 0.678. The molecule has 0 spiro atoms. The first-order valence-corrected chi connectivity index (χ1v) is 7.03. The maximum atomic E-state index is 13.5. The van der Waals surface area contributed by atoms with Crippen LogP contribution in [0.4, 0.5) is 4.39 Å². The number of hydrazone groups is 1. The molecule has 5 nitrogen and oxygen atoms in total. The summed E-state index contributed by atoms with van der Waals surface area (Å²) in [6.07, 6.45) is 1.26. The number of rotatable bonds is 4. The lowest BCUT2D eigenvalue weighted by atomic mass is 10.2. The first-order chi connectivity index (χ1) is 9.95. The Morgan fingerprint density at radius 2 is 2.24 bits per heavy atom. The fourth-order valence-electron chi connectivity index (χ4n) is 1.79. The van der Waals surface area contributed by atoms with Gasteiger partial charge in [0.2, 0.25) is 0 Å². The molecule has 2 rings (SSSR count). The van der Waals surface area contributed by atoms with Crippen LogP contribution in [0.2, 0.25) is 0 Å². The van der Waals surface area contributed by atoms with Crippen molar-refractivity contribution in [2.24, 2.45) is 5.10 Å². The number of amides is 1. The largest absolute Gasteiger partial charge is 0.271 e. The number of carbonyl (C=O) groups is 1. The first-order valence-electron chi connectivity index (χ1n) is 6.23. The Morgan fingerprint density at radius 1 is 1.48 bits per heavy atom. The van der Waals surface area contributed by atoms with Gasteiger partial charge in [-0.1, -0.05) is 15.9 Å². The van der Waals surface area contributed by atoms with E-state index in [1.54, 1.807) is 16.8 Å². The second kappa shape index (κ2) is 6.62. The van der Waals surface area contributed by atoms with Crippen LogP contribution in [-0.2, 0) is 11.3 Å². The highest BCUT2D eigenvalue weighted by Gasteiger charge is 2.06. The van der Waals surface area contributed by atoms with Gasteiger partial charge < -0.3 is 0 Å². The van der Waals surface area contributed by atoms with Crippen molar-refractivity contribution in [2.75, 3.05) is 0 Å². The fraction of sp³-hybridized carbons (Fsp3) is 0.214. The van der Waals surface area contributed by atoms with Crippen LogP contribution in [0.3, 0.4) is 0 Å². The molecule has 0 aliphatic carbocycles. The molecular formula is C14H14BrFN4O. The Hall–Kier alpha value is -2.02. The minimum atomic E-state index is -0.408. The maximum absolute atomic E-state index is 13.5. The maximum Gasteiger partial charge on any atom is 0.261 e. The SMILES string of the molecule is Cc1cc(C)n(CC(=O)N/N=C/c2cc(Br)ccc2F)n1. The van der Waals surface area contributed by atoms with E-state index < -0.39 is 5.82 Å². The highest BCUT2D eigenvalue weighted by molar-refractivity contribution is 9.10. The van der Waals surface area contributed by atoms with E-state index in [2.05, 4.69) is 31.6 Å². The monoisotopic (exact) mass is 352 g/mol. The topological polar surface area (TPSA) is 59.3 Å². The summed E-state index contributed by atoms with van der Waals surface area (Å²) < 4.78 is 15.8. The summed E-state index contributed by atoms with van der Waals surface area (Å²) in [5.41, 5.74) is 4.38. The molecule has 1 aromatic carbocycles. The molecule has 0 atom stereocenters. The van der Waals surface area contributed by atoms with Crippen LogP contribution < -0.4 is 5.43 Å². The van der Waals surface area contributed by atoms with Crippen LogP contribution in [0.15, 0.2) is 33.8 Å². The van der Waals surface area contributed by atoms with E-state index in [9.17, 15) is 9.18 Å². The second-order valence-electron chi connectivity index (χ2n) is 4.54. The average Bonchev–Trinajstić information content (AvgIpc) is 2.72. The molecule has 110 valence electrons. The van der Waals surface area contributed by atoms with Gasteiger partial charge in [0, 0.05) is 15.7 Å². The number of nitrogens with one attached hydrogen (secondary N) is 1. The summed E-state index contributed by atoms with van der Waals surface area (Å²) in [5, 5.41) is 7.93. The first kappa shape index (κ1) is 15.4. The van der Waals surface area contributed by atoms with Crippen LogP contribution in [0.1, 0.15) is 17.0 Å². The molecular weight excluding hydrogens is 339 g/mol. The van der Waals surface area contributed by atoms with Gasteiger partial charge in [-0.3, -0.25) is 9.48 Å². The highest BCUT2D eigenvalue weighted by atomic mass is 79.9. The van der Waals surface area contributed by atoms with Gasteiger partial charge in [-0.15, -0.1) is 0 Å². The van der Waals surface area contributed by atoms with E-state index in [1.807, 2.05) is 19.9 Å². The Labute approximate surface area is 130 Å². The Morgan fingerprint density at radius 3 is 2.90 bits per heavy atom. The number of aromatic nitrogens is 2. The number of hydrogen-bond donors (Lipinski definition) is 1. The van der Waals surface area contributed by atoms with Gasteiger partial charge in [0.05, 0.1) is 11.9 Å². The summed E-state index contributed by atoms with van der Waals surface area (Å²) in [7, 11) is 0. The van der Waals surface area contributed by atoms with Crippen molar-refractivity contribution in [3.63, 3.8) is 0 Å². The predicted molar refractivity (Wildman–Crippen MR) is 81.5 cm³/mol. The number of hydrogen-bond acceptors (Lipinski definition) is 3. The number of aryl methyl sites for hydroxylation is 2. The number of benzene rings is 1. The van der Waals surface area contributed by atoms with Crippen LogP contribution in [0.25, 0.3) is 0 Å². The minimum absolute atomic E-state index is 0.0674. The molecule has 1 amide bonds. The predicted octanol–water partition coefficient (Wildman–Crippen LogP) is 2.55. The standard InChI is InChI=1S/C14H14BrFN4O/c1-9-5-10(2)20(19-9)8-14(21)18-17-7-11-6-12(15)3-4-13(11)16/h3-7H,8H2,1-2H3,(H,18,21)/b17-7+. The average molecular weight is 353 g/mol. The van der Waals surface area contributed by atoms with Crippen molar-refractivity contribution in [1.82, 2.24) is 15.2 Å². The smallest absolute Gasteiger partial charge is 0.261 e. The molecule has 0 aliphatic rings. The summed E-state index contributed by atoms with van der Waals surface area (Å²) in [5.74, 6) is -0.734. The molecule has 1 heterocycles. The lowest BCUT2D eigenvalue weighted by Gasteiger charge is -2.03. The van der Waals surface area contributed by atoms with Crippen molar-refractivity contribution >= 4 is 28.1 Å². The van der Waals surface area contributed by atoms with Gasteiger partial charge in [-0.2, -0.15) is 10.2 Å². The lowest BCUT2D eigenvalue weighted by Crippen LogP contribution is -2.24. The molecule has 0 unspecified atom stereocenters.